The standard InChI is InChI=1S/C11H8N2OS/c12-11(14)7-3-5-9-4-1-2-6-10(9)13-8-15/h1-2,4,6H,7H2,(H2,12,14). The highest BCUT2D eigenvalue weighted by atomic mass is 32.1. The molecule has 0 aliphatic carbocycles. The summed E-state index contributed by atoms with van der Waals surface area (Å²) in [5.41, 5.74) is 6.31. The molecule has 3 nitrogen and oxygen atoms in total. The molecule has 0 saturated carbocycles. The van der Waals surface area contributed by atoms with E-state index in [9.17, 15) is 4.79 Å². The molecular formula is C11H8N2OS. The number of primary amides is 1. The maximum Gasteiger partial charge on any atom is 0.229 e. The topological polar surface area (TPSA) is 55.5 Å². The molecular weight excluding hydrogens is 208 g/mol. The Morgan fingerprint density at radius 3 is 2.87 bits per heavy atom. The molecule has 2 N–H and O–H groups in total. The molecule has 0 spiro atoms. The maximum atomic E-state index is 10.5. The second-order valence-corrected chi connectivity index (χ2v) is 2.85. The smallest absolute Gasteiger partial charge is 0.229 e. The average Bonchev–Trinajstić information content (AvgIpc) is 2.20. The van der Waals surface area contributed by atoms with Crippen molar-refractivity contribution >= 4 is 29.0 Å². The monoisotopic (exact) mass is 216 g/mol. The zero-order valence-electron chi connectivity index (χ0n) is 7.86. The second kappa shape index (κ2) is 5.71. The molecule has 0 aliphatic rings. The van der Waals surface area contributed by atoms with Gasteiger partial charge in [-0.15, -0.1) is 0 Å². The van der Waals surface area contributed by atoms with Crippen molar-refractivity contribution in [3.8, 4) is 11.8 Å². The summed E-state index contributed by atoms with van der Waals surface area (Å²) in [5, 5.41) is 2.27. The van der Waals surface area contributed by atoms with Gasteiger partial charge in [0.2, 0.25) is 5.91 Å². The van der Waals surface area contributed by atoms with E-state index < -0.39 is 5.91 Å². The Labute approximate surface area is 93.0 Å². The molecule has 0 atom stereocenters. The van der Waals surface area contributed by atoms with E-state index >= 15 is 0 Å². The van der Waals surface area contributed by atoms with E-state index in [2.05, 4.69) is 34.2 Å². The Hall–Kier alpha value is -1.95. The predicted octanol–water partition coefficient (Wildman–Crippen LogP) is 1.65. The summed E-state index contributed by atoms with van der Waals surface area (Å²) in [6.45, 7) is 0. The summed E-state index contributed by atoms with van der Waals surface area (Å²) in [5.74, 6) is 5.01. The number of carbonyl (C=O) groups is 1. The Kier molecular flexibility index (Phi) is 4.24. The van der Waals surface area contributed by atoms with Crippen molar-refractivity contribution in [2.75, 3.05) is 0 Å². The first kappa shape index (κ1) is 11.1. The fraction of sp³-hybridized carbons (Fsp3) is 0.0909. The lowest BCUT2D eigenvalue weighted by molar-refractivity contribution is -0.117. The van der Waals surface area contributed by atoms with Gasteiger partial charge in [-0.2, -0.15) is 4.99 Å². The van der Waals surface area contributed by atoms with E-state index in [0.717, 1.165) is 0 Å². The van der Waals surface area contributed by atoms with Gasteiger partial charge < -0.3 is 5.73 Å². The number of thiocarbonyl (C=S) groups is 1. The summed E-state index contributed by atoms with van der Waals surface area (Å²) in [7, 11) is 0. The lowest BCUT2D eigenvalue weighted by Crippen LogP contribution is -2.08. The van der Waals surface area contributed by atoms with Gasteiger partial charge in [-0.1, -0.05) is 24.0 Å². The summed E-state index contributed by atoms with van der Waals surface area (Å²) in [4.78, 5) is 14.3. The molecule has 15 heavy (non-hydrogen) atoms. The minimum Gasteiger partial charge on any atom is -0.369 e. The SMILES string of the molecule is NC(=O)CC#Cc1ccccc1N=C=S. The summed E-state index contributed by atoms with van der Waals surface area (Å²) in [6, 6.07) is 7.22. The largest absolute Gasteiger partial charge is 0.369 e. The third kappa shape index (κ3) is 3.74. The Bertz CT molecular complexity index is 479. The zero-order chi connectivity index (χ0) is 11.1. The number of nitrogens with zero attached hydrogens (tertiary/aromatic N) is 1. The minimum atomic E-state index is -0.446. The van der Waals surface area contributed by atoms with E-state index in [-0.39, 0.29) is 6.42 Å². The third-order valence-electron chi connectivity index (χ3n) is 1.56. The highest BCUT2D eigenvalue weighted by Gasteiger charge is 1.95. The van der Waals surface area contributed by atoms with Gasteiger partial charge >= 0.3 is 0 Å². The molecule has 0 aromatic heterocycles. The molecule has 1 aromatic carbocycles. The number of nitrogens with two attached hydrogens (primary N) is 1. The number of hydrogen-bond donors (Lipinski definition) is 1. The van der Waals surface area contributed by atoms with Crippen LogP contribution < -0.4 is 5.73 Å². The average molecular weight is 216 g/mol. The molecule has 0 aliphatic heterocycles. The van der Waals surface area contributed by atoms with Crippen LogP contribution in [0.3, 0.4) is 0 Å². The Morgan fingerprint density at radius 2 is 2.20 bits per heavy atom. The lowest BCUT2D eigenvalue weighted by Gasteiger charge is -1.94. The first-order valence-electron chi connectivity index (χ1n) is 4.18. The molecule has 74 valence electrons. The van der Waals surface area contributed by atoms with Crippen molar-refractivity contribution in [1.29, 1.82) is 0 Å². The number of isothiocyanates is 1. The number of aliphatic imine (C=N–C) groups is 1. The predicted molar refractivity (Wildman–Crippen MR) is 61.8 cm³/mol. The minimum absolute atomic E-state index is 0.0373. The van der Waals surface area contributed by atoms with Crippen molar-refractivity contribution in [2.24, 2.45) is 10.7 Å². The molecule has 0 heterocycles. The highest BCUT2D eigenvalue weighted by Crippen LogP contribution is 2.16. The van der Waals surface area contributed by atoms with Crippen LogP contribution in [0.15, 0.2) is 29.3 Å². The van der Waals surface area contributed by atoms with Crippen LogP contribution in [0.4, 0.5) is 5.69 Å². The first-order valence-corrected chi connectivity index (χ1v) is 4.59. The van der Waals surface area contributed by atoms with Crippen molar-refractivity contribution in [3.05, 3.63) is 29.8 Å². The van der Waals surface area contributed by atoms with Crippen molar-refractivity contribution in [2.45, 2.75) is 6.42 Å². The van der Waals surface area contributed by atoms with Crippen LogP contribution in [-0.2, 0) is 4.79 Å². The van der Waals surface area contributed by atoms with E-state index in [1.807, 2.05) is 12.1 Å². The first-order chi connectivity index (χ1) is 7.24. The van der Waals surface area contributed by atoms with Crippen LogP contribution in [0.25, 0.3) is 0 Å². The Morgan fingerprint density at radius 1 is 1.47 bits per heavy atom. The van der Waals surface area contributed by atoms with E-state index in [1.54, 1.807) is 12.1 Å². The van der Waals surface area contributed by atoms with Gasteiger partial charge in [0.15, 0.2) is 0 Å². The number of para-hydroxylation sites is 1. The van der Waals surface area contributed by atoms with Gasteiger partial charge in [0.05, 0.1) is 22.8 Å². The van der Waals surface area contributed by atoms with Gasteiger partial charge in [-0.25, -0.2) is 0 Å². The van der Waals surface area contributed by atoms with Crippen LogP contribution in [-0.4, -0.2) is 11.1 Å². The fourth-order valence-corrected chi connectivity index (χ4v) is 1.05. The van der Waals surface area contributed by atoms with Gasteiger partial charge in [0.1, 0.15) is 0 Å². The normalized spacial score (nSPS) is 8.27. The maximum absolute atomic E-state index is 10.5. The van der Waals surface area contributed by atoms with Crippen molar-refractivity contribution in [3.63, 3.8) is 0 Å². The van der Waals surface area contributed by atoms with E-state index in [4.69, 9.17) is 5.73 Å². The van der Waals surface area contributed by atoms with Crippen molar-refractivity contribution < 1.29 is 4.79 Å². The van der Waals surface area contributed by atoms with Gasteiger partial charge in [-0.3, -0.25) is 4.79 Å². The lowest BCUT2D eigenvalue weighted by atomic mass is 10.2. The number of amides is 1. The molecule has 0 radical (unpaired) electrons. The van der Waals surface area contributed by atoms with Crippen LogP contribution >= 0.6 is 12.2 Å². The molecule has 4 heteroatoms. The van der Waals surface area contributed by atoms with Crippen molar-refractivity contribution in [1.82, 2.24) is 0 Å². The molecule has 0 bridgehead atoms. The molecule has 1 rings (SSSR count). The van der Waals surface area contributed by atoms with Crippen LogP contribution in [0.1, 0.15) is 12.0 Å². The van der Waals surface area contributed by atoms with Gasteiger partial charge in [-0.05, 0) is 24.4 Å². The quantitative estimate of drug-likeness (QED) is 0.464. The molecule has 0 saturated heterocycles. The molecule has 0 fully saturated rings. The van der Waals surface area contributed by atoms with Gasteiger partial charge in [0, 0.05) is 0 Å². The molecule has 0 unspecified atom stereocenters. The Balaban J connectivity index is 2.96. The summed E-state index contributed by atoms with van der Waals surface area (Å²) >= 11 is 4.51. The number of hydrogen-bond acceptors (Lipinski definition) is 3. The number of rotatable bonds is 2. The van der Waals surface area contributed by atoms with E-state index in [1.165, 1.54) is 0 Å². The molecule has 1 aromatic rings. The molecule has 1 amide bonds. The number of benzene rings is 1. The third-order valence-corrected chi connectivity index (χ3v) is 1.65. The number of carbonyl (C=O) groups excluding carboxylic acids is 1. The summed E-state index contributed by atoms with van der Waals surface area (Å²) < 4.78 is 0. The van der Waals surface area contributed by atoms with Crippen LogP contribution in [0.5, 0.6) is 0 Å². The second-order valence-electron chi connectivity index (χ2n) is 2.67. The van der Waals surface area contributed by atoms with Crippen LogP contribution in [0, 0.1) is 11.8 Å². The van der Waals surface area contributed by atoms with E-state index in [0.29, 0.717) is 11.3 Å². The summed E-state index contributed by atoms with van der Waals surface area (Å²) in [6.07, 6.45) is 0.0373. The van der Waals surface area contributed by atoms with Crippen LogP contribution in [0.2, 0.25) is 0 Å². The fourth-order valence-electron chi connectivity index (χ4n) is 0.953. The zero-order valence-corrected chi connectivity index (χ0v) is 8.67. The highest BCUT2D eigenvalue weighted by molar-refractivity contribution is 7.78. The van der Waals surface area contributed by atoms with Gasteiger partial charge in [0.25, 0.3) is 0 Å².